The third-order valence-electron chi connectivity index (χ3n) is 3.36. The summed E-state index contributed by atoms with van der Waals surface area (Å²) in [7, 11) is 3.35. The molecule has 0 spiro atoms. The van der Waals surface area contributed by atoms with Crippen LogP contribution in [0.2, 0.25) is 0 Å². The van der Waals surface area contributed by atoms with Gasteiger partial charge in [0.1, 0.15) is 5.82 Å². The zero-order valence-electron chi connectivity index (χ0n) is 12.6. The molecule has 0 aliphatic rings. The third kappa shape index (κ3) is 6.00. The highest BCUT2D eigenvalue weighted by Gasteiger charge is 2.21. The van der Waals surface area contributed by atoms with Gasteiger partial charge in [0, 0.05) is 51.0 Å². The second kappa shape index (κ2) is 10.2. The minimum atomic E-state index is -0.254. The Kier molecular flexibility index (Phi) is 9.03. The molecule has 1 aromatic carbocycles. The fourth-order valence-electron chi connectivity index (χ4n) is 2.29. The molecule has 120 valence electrons. The highest BCUT2D eigenvalue weighted by atomic mass is 79.9. The Bertz CT molecular complexity index is 421. The van der Waals surface area contributed by atoms with Gasteiger partial charge < -0.3 is 15.2 Å². The molecule has 21 heavy (non-hydrogen) atoms. The van der Waals surface area contributed by atoms with Gasteiger partial charge in [0.15, 0.2) is 0 Å². The average molecular weight is 363 g/mol. The van der Waals surface area contributed by atoms with Crippen molar-refractivity contribution in [2.45, 2.75) is 12.5 Å². The molecule has 1 aromatic rings. The Morgan fingerprint density at radius 2 is 1.95 bits per heavy atom. The van der Waals surface area contributed by atoms with E-state index in [1.54, 1.807) is 20.3 Å². The van der Waals surface area contributed by atoms with Gasteiger partial charge in [-0.25, -0.2) is 4.39 Å². The maximum atomic E-state index is 13.5. The molecule has 0 saturated carbocycles. The van der Waals surface area contributed by atoms with Crippen molar-refractivity contribution in [1.29, 1.82) is 0 Å². The SMILES string of the molecule is COCCCN(CCOC)C(CN)c1cc(F)ccc1Br. The van der Waals surface area contributed by atoms with E-state index in [0.717, 1.165) is 29.5 Å². The number of ether oxygens (including phenoxy) is 2. The Morgan fingerprint density at radius 1 is 1.24 bits per heavy atom. The quantitative estimate of drug-likeness (QED) is 0.649. The molecule has 0 aromatic heterocycles. The number of benzene rings is 1. The third-order valence-corrected chi connectivity index (χ3v) is 4.08. The largest absolute Gasteiger partial charge is 0.385 e. The normalized spacial score (nSPS) is 12.9. The molecule has 0 heterocycles. The Labute approximate surface area is 134 Å². The summed E-state index contributed by atoms with van der Waals surface area (Å²) in [6.45, 7) is 3.27. The molecular weight excluding hydrogens is 339 g/mol. The summed E-state index contributed by atoms with van der Waals surface area (Å²) in [6.07, 6.45) is 0.893. The lowest BCUT2D eigenvalue weighted by Crippen LogP contribution is -2.37. The minimum absolute atomic E-state index is 0.0536. The van der Waals surface area contributed by atoms with Gasteiger partial charge in [-0.3, -0.25) is 4.90 Å². The minimum Gasteiger partial charge on any atom is -0.385 e. The predicted molar refractivity (Wildman–Crippen MR) is 85.8 cm³/mol. The van der Waals surface area contributed by atoms with E-state index in [0.29, 0.717) is 19.8 Å². The molecular formula is C15H24BrFN2O2. The van der Waals surface area contributed by atoms with Crippen molar-refractivity contribution >= 4 is 15.9 Å². The van der Waals surface area contributed by atoms with E-state index in [1.807, 2.05) is 0 Å². The standard InChI is InChI=1S/C15H24BrFN2O2/c1-20-8-3-6-19(7-9-21-2)15(11-18)13-10-12(17)4-5-14(13)16/h4-5,10,15H,3,6-9,11,18H2,1-2H3. The molecule has 4 nitrogen and oxygen atoms in total. The van der Waals surface area contributed by atoms with E-state index in [2.05, 4.69) is 20.8 Å². The van der Waals surface area contributed by atoms with Crippen molar-refractivity contribution in [2.24, 2.45) is 5.73 Å². The first kappa shape index (κ1) is 18.5. The molecule has 1 atom stereocenters. The van der Waals surface area contributed by atoms with Crippen LogP contribution in [0.4, 0.5) is 4.39 Å². The van der Waals surface area contributed by atoms with Crippen LogP contribution in [0.1, 0.15) is 18.0 Å². The number of rotatable bonds is 10. The van der Waals surface area contributed by atoms with E-state index >= 15 is 0 Å². The zero-order valence-corrected chi connectivity index (χ0v) is 14.2. The topological polar surface area (TPSA) is 47.7 Å². The first-order valence-corrected chi connectivity index (χ1v) is 7.80. The molecule has 0 bridgehead atoms. The van der Waals surface area contributed by atoms with Crippen LogP contribution in [0.5, 0.6) is 0 Å². The summed E-state index contributed by atoms with van der Waals surface area (Å²) in [5, 5.41) is 0. The zero-order chi connectivity index (χ0) is 15.7. The van der Waals surface area contributed by atoms with Crippen LogP contribution in [-0.2, 0) is 9.47 Å². The number of halogens is 2. The summed E-state index contributed by atoms with van der Waals surface area (Å²) in [5.41, 5.74) is 6.81. The van der Waals surface area contributed by atoms with Gasteiger partial charge >= 0.3 is 0 Å². The molecule has 2 N–H and O–H groups in total. The van der Waals surface area contributed by atoms with Crippen molar-refractivity contribution in [3.05, 3.63) is 34.1 Å². The van der Waals surface area contributed by atoms with Crippen LogP contribution in [0.15, 0.2) is 22.7 Å². The Morgan fingerprint density at radius 3 is 2.57 bits per heavy atom. The van der Waals surface area contributed by atoms with Crippen molar-refractivity contribution < 1.29 is 13.9 Å². The number of hydrogen-bond donors (Lipinski definition) is 1. The van der Waals surface area contributed by atoms with E-state index in [1.165, 1.54) is 12.1 Å². The molecule has 0 amide bonds. The maximum Gasteiger partial charge on any atom is 0.123 e. The number of methoxy groups -OCH3 is 2. The van der Waals surface area contributed by atoms with E-state index < -0.39 is 0 Å². The van der Waals surface area contributed by atoms with Crippen LogP contribution in [0.3, 0.4) is 0 Å². The molecule has 6 heteroatoms. The summed E-state index contributed by atoms with van der Waals surface area (Å²) in [5.74, 6) is -0.254. The number of nitrogens with two attached hydrogens (primary N) is 1. The monoisotopic (exact) mass is 362 g/mol. The van der Waals surface area contributed by atoms with Gasteiger partial charge in [0.05, 0.1) is 6.61 Å². The van der Waals surface area contributed by atoms with Crippen molar-refractivity contribution in [1.82, 2.24) is 4.90 Å². The fraction of sp³-hybridized carbons (Fsp3) is 0.600. The smallest absolute Gasteiger partial charge is 0.123 e. The Balaban J connectivity index is 2.90. The maximum absolute atomic E-state index is 13.5. The van der Waals surface area contributed by atoms with Gasteiger partial charge in [-0.2, -0.15) is 0 Å². The first-order valence-electron chi connectivity index (χ1n) is 7.01. The van der Waals surface area contributed by atoms with Crippen LogP contribution in [0.25, 0.3) is 0 Å². The number of hydrogen-bond acceptors (Lipinski definition) is 4. The van der Waals surface area contributed by atoms with Crippen LogP contribution in [-0.4, -0.2) is 52.0 Å². The molecule has 0 saturated heterocycles. The second-order valence-corrected chi connectivity index (χ2v) is 5.65. The van der Waals surface area contributed by atoms with E-state index in [-0.39, 0.29) is 11.9 Å². The van der Waals surface area contributed by atoms with E-state index in [4.69, 9.17) is 15.2 Å². The van der Waals surface area contributed by atoms with Crippen molar-refractivity contribution in [3.63, 3.8) is 0 Å². The lowest BCUT2D eigenvalue weighted by molar-refractivity contribution is 0.108. The van der Waals surface area contributed by atoms with E-state index in [9.17, 15) is 4.39 Å². The highest BCUT2D eigenvalue weighted by Crippen LogP contribution is 2.28. The second-order valence-electron chi connectivity index (χ2n) is 4.79. The van der Waals surface area contributed by atoms with Gasteiger partial charge in [-0.1, -0.05) is 15.9 Å². The molecule has 1 rings (SSSR count). The molecule has 0 fully saturated rings. The number of nitrogens with zero attached hydrogens (tertiary/aromatic N) is 1. The van der Waals surface area contributed by atoms with Gasteiger partial charge in [0.2, 0.25) is 0 Å². The summed E-state index contributed by atoms with van der Waals surface area (Å²) < 4.78 is 24.7. The summed E-state index contributed by atoms with van der Waals surface area (Å²) in [4.78, 5) is 2.21. The van der Waals surface area contributed by atoms with Crippen molar-refractivity contribution in [2.75, 3.05) is 47.1 Å². The lowest BCUT2D eigenvalue weighted by atomic mass is 10.0. The molecule has 0 aliphatic carbocycles. The average Bonchev–Trinajstić information content (AvgIpc) is 2.48. The summed E-state index contributed by atoms with van der Waals surface area (Å²) in [6, 6.07) is 4.64. The predicted octanol–water partition coefficient (Wildman–Crippen LogP) is 2.57. The highest BCUT2D eigenvalue weighted by molar-refractivity contribution is 9.10. The first-order chi connectivity index (χ1) is 10.1. The van der Waals surface area contributed by atoms with Gasteiger partial charge in [0.25, 0.3) is 0 Å². The molecule has 0 aliphatic heterocycles. The fourth-order valence-corrected chi connectivity index (χ4v) is 2.80. The van der Waals surface area contributed by atoms with Crippen LogP contribution in [0, 0.1) is 5.82 Å². The van der Waals surface area contributed by atoms with Crippen molar-refractivity contribution in [3.8, 4) is 0 Å². The van der Waals surface area contributed by atoms with Crippen LogP contribution < -0.4 is 5.73 Å². The Hall–Kier alpha value is -0.530. The molecule has 0 radical (unpaired) electrons. The molecule has 1 unspecified atom stereocenters. The van der Waals surface area contributed by atoms with Gasteiger partial charge in [-0.15, -0.1) is 0 Å². The van der Waals surface area contributed by atoms with Gasteiger partial charge in [-0.05, 0) is 30.2 Å². The summed E-state index contributed by atoms with van der Waals surface area (Å²) >= 11 is 3.49. The lowest BCUT2D eigenvalue weighted by Gasteiger charge is -2.31. The van der Waals surface area contributed by atoms with Crippen LogP contribution >= 0.6 is 15.9 Å².